The number of aromatic nitrogens is 4. The van der Waals surface area contributed by atoms with E-state index >= 15 is 0 Å². The van der Waals surface area contributed by atoms with Gasteiger partial charge in [-0.05, 0) is 31.5 Å². The van der Waals surface area contributed by atoms with Gasteiger partial charge in [0, 0.05) is 16.9 Å². The van der Waals surface area contributed by atoms with Crippen molar-refractivity contribution in [2.75, 3.05) is 11.1 Å². The van der Waals surface area contributed by atoms with Crippen LogP contribution in [-0.2, 0) is 4.79 Å². The van der Waals surface area contributed by atoms with Crippen LogP contribution < -0.4 is 5.32 Å². The zero-order valence-electron chi connectivity index (χ0n) is 13.1. The first-order valence-electron chi connectivity index (χ1n) is 7.16. The number of aryl methyl sites for hydroxylation is 2. The molecule has 0 aliphatic carbocycles. The summed E-state index contributed by atoms with van der Waals surface area (Å²) in [6.07, 6.45) is 3.12. The number of carbonyl (C=O) groups excluding carboxylic acids is 1. The molecule has 0 spiro atoms. The maximum Gasteiger partial charge on any atom is 0.234 e. The Bertz CT molecular complexity index is 918. The van der Waals surface area contributed by atoms with E-state index in [0.29, 0.717) is 27.2 Å². The lowest BCUT2D eigenvalue weighted by molar-refractivity contribution is -0.113. The van der Waals surface area contributed by atoms with E-state index in [1.807, 2.05) is 19.1 Å². The van der Waals surface area contributed by atoms with Crippen molar-refractivity contribution < 1.29 is 4.79 Å². The number of amides is 1. The number of nitrogens with zero attached hydrogens (tertiary/aromatic N) is 4. The Balaban J connectivity index is 1.69. The highest BCUT2D eigenvalue weighted by atomic mass is 35.5. The van der Waals surface area contributed by atoms with Crippen LogP contribution in [0.15, 0.2) is 35.7 Å². The summed E-state index contributed by atoms with van der Waals surface area (Å²) in [5.74, 6) is 0.719. The topological polar surface area (TPSA) is 80.7 Å². The standard InChI is InChI=1S/C16H14ClN5OS/c1-9-3-4-11(5-13(9)17)22-14(23)7-24-16-12-6-18-10(2)21-15(12)19-8-20-16/h3-6,8H,7H2,1-2H3,(H,22,23). The smallest absolute Gasteiger partial charge is 0.234 e. The first-order valence-corrected chi connectivity index (χ1v) is 8.52. The van der Waals surface area contributed by atoms with E-state index in [4.69, 9.17) is 11.6 Å². The molecule has 0 aliphatic rings. The van der Waals surface area contributed by atoms with Crippen LogP contribution in [0, 0.1) is 13.8 Å². The second-order valence-electron chi connectivity index (χ2n) is 5.13. The van der Waals surface area contributed by atoms with Crippen molar-refractivity contribution in [1.82, 2.24) is 19.9 Å². The summed E-state index contributed by atoms with van der Waals surface area (Å²) in [5.41, 5.74) is 2.21. The average Bonchev–Trinajstić information content (AvgIpc) is 2.56. The Kier molecular flexibility index (Phi) is 4.92. The Labute approximate surface area is 148 Å². The molecule has 0 radical (unpaired) electrons. The van der Waals surface area contributed by atoms with Gasteiger partial charge in [0.25, 0.3) is 0 Å². The fourth-order valence-corrected chi connectivity index (χ4v) is 2.97. The summed E-state index contributed by atoms with van der Waals surface area (Å²) in [6.45, 7) is 3.71. The number of carbonyl (C=O) groups is 1. The first-order chi connectivity index (χ1) is 11.5. The van der Waals surface area contributed by atoms with Crippen molar-refractivity contribution in [2.24, 2.45) is 0 Å². The molecule has 6 nitrogen and oxygen atoms in total. The molecule has 3 aromatic rings. The van der Waals surface area contributed by atoms with E-state index in [1.165, 1.54) is 18.1 Å². The van der Waals surface area contributed by atoms with Gasteiger partial charge in [-0.1, -0.05) is 29.4 Å². The summed E-state index contributed by atoms with van der Waals surface area (Å²) in [7, 11) is 0. The number of thioether (sulfide) groups is 1. The number of anilines is 1. The zero-order valence-corrected chi connectivity index (χ0v) is 14.6. The lowest BCUT2D eigenvalue weighted by Crippen LogP contribution is -2.14. The molecule has 24 heavy (non-hydrogen) atoms. The molecule has 2 aromatic heterocycles. The van der Waals surface area contributed by atoms with Crippen molar-refractivity contribution >= 4 is 46.0 Å². The van der Waals surface area contributed by atoms with Gasteiger partial charge in [-0.25, -0.2) is 19.9 Å². The third kappa shape index (κ3) is 3.80. The number of hydrogen-bond donors (Lipinski definition) is 1. The number of benzene rings is 1. The molecule has 0 unspecified atom stereocenters. The van der Waals surface area contributed by atoms with Crippen LogP contribution in [0.2, 0.25) is 5.02 Å². The quantitative estimate of drug-likeness (QED) is 0.568. The molecule has 122 valence electrons. The van der Waals surface area contributed by atoms with Gasteiger partial charge in [-0.2, -0.15) is 0 Å². The van der Waals surface area contributed by atoms with Crippen molar-refractivity contribution in [2.45, 2.75) is 18.9 Å². The first kappa shape index (κ1) is 16.6. The Hall–Kier alpha value is -2.25. The molecular formula is C16H14ClN5OS. The van der Waals surface area contributed by atoms with Crippen LogP contribution in [-0.4, -0.2) is 31.6 Å². The minimum Gasteiger partial charge on any atom is -0.325 e. The Morgan fingerprint density at radius 2 is 2.08 bits per heavy atom. The highest BCUT2D eigenvalue weighted by Crippen LogP contribution is 2.24. The number of nitrogens with one attached hydrogen (secondary N) is 1. The molecule has 2 heterocycles. The molecule has 1 aromatic carbocycles. The van der Waals surface area contributed by atoms with E-state index in [9.17, 15) is 4.79 Å². The van der Waals surface area contributed by atoms with Gasteiger partial charge in [0.15, 0.2) is 5.65 Å². The summed E-state index contributed by atoms with van der Waals surface area (Å²) in [6, 6.07) is 5.42. The monoisotopic (exact) mass is 359 g/mol. The van der Waals surface area contributed by atoms with E-state index in [0.717, 1.165) is 10.9 Å². The molecule has 8 heteroatoms. The van der Waals surface area contributed by atoms with Crippen molar-refractivity contribution in [3.63, 3.8) is 0 Å². The second kappa shape index (κ2) is 7.11. The Morgan fingerprint density at radius 3 is 2.88 bits per heavy atom. The van der Waals surface area contributed by atoms with Gasteiger partial charge in [0.05, 0.1) is 11.1 Å². The number of rotatable bonds is 4. The highest BCUT2D eigenvalue weighted by molar-refractivity contribution is 8.00. The lowest BCUT2D eigenvalue weighted by atomic mass is 10.2. The third-order valence-electron chi connectivity index (χ3n) is 3.27. The predicted octanol–water partition coefficient (Wildman–Crippen LogP) is 3.42. The van der Waals surface area contributed by atoms with Crippen LogP contribution in [0.5, 0.6) is 0 Å². The molecule has 0 fully saturated rings. The normalized spacial score (nSPS) is 10.8. The van der Waals surface area contributed by atoms with E-state index in [-0.39, 0.29) is 11.7 Å². The minimum atomic E-state index is -0.139. The van der Waals surface area contributed by atoms with Crippen molar-refractivity contribution in [3.8, 4) is 0 Å². The summed E-state index contributed by atoms with van der Waals surface area (Å²) in [4.78, 5) is 28.9. The molecule has 0 bridgehead atoms. The molecule has 0 atom stereocenters. The van der Waals surface area contributed by atoms with Crippen LogP contribution in [0.1, 0.15) is 11.4 Å². The van der Waals surface area contributed by atoms with Crippen molar-refractivity contribution in [3.05, 3.63) is 47.1 Å². The maximum absolute atomic E-state index is 12.1. The van der Waals surface area contributed by atoms with E-state index < -0.39 is 0 Å². The van der Waals surface area contributed by atoms with Gasteiger partial charge >= 0.3 is 0 Å². The zero-order chi connectivity index (χ0) is 17.1. The van der Waals surface area contributed by atoms with Crippen LogP contribution in [0.4, 0.5) is 5.69 Å². The summed E-state index contributed by atoms with van der Waals surface area (Å²) < 4.78 is 0. The number of fused-ring (bicyclic) bond motifs is 1. The van der Waals surface area contributed by atoms with Crippen LogP contribution in [0.25, 0.3) is 11.0 Å². The number of halogens is 1. The third-order valence-corrected chi connectivity index (χ3v) is 4.68. The minimum absolute atomic E-state index is 0.139. The van der Waals surface area contributed by atoms with Gasteiger partial charge in [0.2, 0.25) is 5.91 Å². The molecular weight excluding hydrogens is 346 g/mol. The van der Waals surface area contributed by atoms with E-state index in [1.54, 1.807) is 19.2 Å². The van der Waals surface area contributed by atoms with Crippen LogP contribution >= 0.6 is 23.4 Å². The van der Waals surface area contributed by atoms with Gasteiger partial charge in [-0.3, -0.25) is 4.79 Å². The van der Waals surface area contributed by atoms with Crippen molar-refractivity contribution in [1.29, 1.82) is 0 Å². The molecule has 0 saturated heterocycles. The fraction of sp³-hybridized carbons (Fsp3) is 0.188. The highest BCUT2D eigenvalue weighted by Gasteiger charge is 2.10. The number of hydrogen-bond acceptors (Lipinski definition) is 6. The second-order valence-corrected chi connectivity index (χ2v) is 6.51. The van der Waals surface area contributed by atoms with Gasteiger partial charge in [0.1, 0.15) is 17.2 Å². The summed E-state index contributed by atoms with van der Waals surface area (Å²) >= 11 is 7.38. The van der Waals surface area contributed by atoms with Gasteiger partial charge < -0.3 is 5.32 Å². The molecule has 1 N–H and O–H groups in total. The average molecular weight is 360 g/mol. The van der Waals surface area contributed by atoms with Gasteiger partial charge in [-0.15, -0.1) is 0 Å². The molecule has 1 amide bonds. The predicted molar refractivity (Wildman–Crippen MR) is 95.4 cm³/mol. The van der Waals surface area contributed by atoms with Crippen LogP contribution in [0.3, 0.4) is 0 Å². The largest absolute Gasteiger partial charge is 0.325 e. The summed E-state index contributed by atoms with van der Waals surface area (Å²) in [5, 5.41) is 4.85. The SMILES string of the molecule is Cc1ncc2c(SCC(=O)Nc3ccc(C)c(Cl)c3)ncnc2n1. The molecule has 0 aliphatic heterocycles. The lowest BCUT2D eigenvalue weighted by Gasteiger charge is -2.07. The fourth-order valence-electron chi connectivity index (χ4n) is 2.03. The molecule has 3 rings (SSSR count). The van der Waals surface area contributed by atoms with E-state index in [2.05, 4.69) is 25.3 Å². The Morgan fingerprint density at radius 1 is 1.25 bits per heavy atom. The molecule has 0 saturated carbocycles. The maximum atomic E-state index is 12.1.